The number of carbonyl (C=O) groups excluding carboxylic acids is 1. The van der Waals surface area contributed by atoms with E-state index in [1.165, 1.54) is 28.6 Å². The van der Waals surface area contributed by atoms with E-state index in [4.69, 9.17) is 0 Å². The zero-order chi connectivity index (χ0) is 27.2. The number of thioether (sulfide) groups is 1. The summed E-state index contributed by atoms with van der Waals surface area (Å²) in [7, 11) is 1.99. The standard InChI is InChI=1S/C31H36N4O3S/c1-29-13-18-15-33-35(3)24(18)12-19(29)8-9-20-21-10-11-31(38,30(21,2)14-25(36)28(20)29)26(37)17-39-27-16-32-22-6-4-5-7-23(22)34-27/h4-7,12,15-16,20-21,25,28,36,38H,8-11,13-14,17H2,1-3H3. The van der Waals surface area contributed by atoms with Crippen molar-refractivity contribution in [1.29, 1.82) is 0 Å². The van der Waals surface area contributed by atoms with Gasteiger partial charge in [0.05, 0.1) is 41.0 Å². The summed E-state index contributed by atoms with van der Waals surface area (Å²) in [5.74, 6) is 0.589. The smallest absolute Gasteiger partial charge is 0.175 e. The molecule has 7 unspecified atom stereocenters. The molecule has 3 saturated carbocycles. The molecule has 2 N–H and O–H groups in total. The Morgan fingerprint density at radius 3 is 2.79 bits per heavy atom. The third-order valence-corrected chi connectivity index (χ3v) is 11.9. The van der Waals surface area contributed by atoms with E-state index in [1.54, 1.807) is 6.20 Å². The number of hydrogen-bond acceptors (Lipinski definition) is 7. The average Bonchev–Trinajstić information content (AvgIpc) is 3.40. The van der Waals surface area contributed by atoms with Crippen molar-refractivity contribution in [2.24, 2.45) is 35.6 Å². The van der Waals surface area contributed by atoms with E-state index in [1.807, 2.05) is 42.2 Å². The Hall–Kier alpha value is -2.55. The molecule has 0 aliphatic heterocycles. The maximum atomic E-state index is 13.7. The van der Waals surface area contributed by atoms with Gasteiger partial charge in [-0.15, -0.1) is 0 Å². The van der Waals surface area contributed by atoms with Gasteiger partial charge in [0.25, 0.3) is 0 Å². The van der Waals surface area contributed by atoms with Crippen LogP contribution in [0.25, 0.3) is 17.1 Å². The fourth-order valence-electron chi connectivity index (χ4n) is 9.05. The Labute approximate surface area is 233 Å². The highest BCUT2D eigenvalue weighted by atomic mass is 32.2. The summed E-state index contributed by atoms with van der Waals surface area (Å²) < 4.78 is 1.95. The summed E-state index contributed by atoms with van der Waals surface area (Å²) in [4.78, 5) is 22.8. The fraction of sp³-hybridized carbons (Fsp3) is 0.548. The molecular weight excluding hydrogens is 508 g/mol. The average molecular weight is 545 g/mol. The van der Waals surface area contributed by atoms with E-state index in [2.05, 4.69) is 35.0 Å². The van der Waals surface area contributed by atoms with Gasteiger partial charge in [0.1, 0.15) is 10.6 Å². The van der Waals surface area contributed by atoms with Crippen molar-refractivity contribution in [2.45, 2.75) is 69.1 Å². The molecule has 3 aromatic rings. The monoisotopic (exact) mass is 544 g/mol. The molecule has 7 rings (SSSR count). The van der Waals surface area contributed by atoms with Gasteiger partial charge in [-0.05, 0) is 85.5 Å². The molecule has 39 heavy (non-hydrogen) atoms. The number of aromatic nitrogens is 4. The molecule has 7 atom stereocenters. The molecule has 0 spiro atoms. The van der Waals surface area contributed by atoms with E-state index in [-0.39, 0.29) is 34.7 Å². The summed E-state index contributed by atoms with van der Waals surface area (Å²) in [6, 6.07) is 7.68. The van der Waals surface area contributed by atoms with Crippen molar-refractivity contribution in [2.75, 3.05) is 5.75 Å². The van der Waals surface area contributed by atoms with Crippen molar-refractivity contribution < 1.29 is 15.0 Å². The Balaban J connectivity index is 1.14. The van der Waals surface area contributed by atoms with Crippen molar-refractivity contribution in [3.8, 4) is 0 Å². The summed E-state index contributed by atoms with van der Waals surface area (Å²) in [5.41, 5.74) is 3.24. The van der Waals surface area contributed by atoms with Gasteiger partial charge in [-0.2, -0.15) is 5.10 Å². The largest absolute Gasteiger partial charge is 0.393 e. The van der Waals surface area contributed by atoms with Crippen LogP contribution >= 0.6 is 11.8 Å². The van der Waals surface area contributed by atoms with Crippen LogP contribution in [0.2, 0.25) is 0 Å². The lowest BCUT2D eigenvalue weighted by Gasteiger charge is -2.60. The molecule has 4 aliphatic rings. The second kappa shape index (κ2) is 8.72. The first-order chi connectivity index (χ1) is 18.6. The first-order valence-corrected chi connectivity index (χ1v) is 15.1. The van der Waals surface area contributed by atoms with Gasteiger partial charge < -0.3 is 10.2 Å². The van der Waals surface area contributed by atoms with Crippen LogP contribution in [-0.4, -0.2) is 53.2 Å². The zero-order valence-electron chi connectivity index (χ0n) is 22.8. The number of nitrogens with zero attached hydrogens (tertiary/aromatic N) is 4. The van der Waals surface area contributed by atoms with Crippen LogP contribution in [0.1, 0.15) is 57.2 Å². The number of para-hydroxylation sites is 2. The van der Waals surface area contributed by atoms with Crippen LogP contribution in [0.4, 0.5) is 0 Å². The van der Waals surface area contributed by atoms with Crippen LogP contribution in [-0.2, 0) is 18.3 Å². The third kappa shape index (κ3) is 3.57. The number of rotatable bonds is 4. The molecule has 0 bridgehead atoms. The molecule has 0 amide bonds. The quantitative estimate of drug-likeness (QED) is 0.463. The number of benzene rings is 1. The number of allylic oxidation sites excluding steroid dienone is 1. The number of carbonyl (C=O) groups is 1. The maximum absolute atomic E-state index is 13.7. The molecule has 2 heterocycles. The van der Waals surface area contributed by atoms with Crippen molar-refractivity contribution in [1.82, 2.24) is 19.7 Å². The minimum absolute atomic E-state index is 0.114. The van der Waals surface area contributed by atoms with Crippen LogP contribution < -0.4 is 0 Å². The number of aliphatic hydroxyl groups is 2. The van der Waals surface area contributed by atoms with E-state index in [0.29, 0.717) is 17.9 Å². The van der Waals surface area contributed by atoms with Gasteiger partial charge >= 0.3 is 0 Å². The zero-order valence-corrected chi connectivity index (χ0v) is 23.6. The highest BCUT2D eigenvalue weighted by Crippen LogP contribution is 2.67. The maximum Gasteiger partial charge on any atom is 0.175 e. The lowest BCUT2D eigenvalue weighted by atomic mass is 9.45. The SMILES string of the molecule is Cn1ncc2c1C=C1CCC3C(C(O)CC4(C)C3CCC4(O)C(=O)CSc3cnc4ccccc4n3)C1(C)C2. The molecule has 3 fully saturated rings. The number of ketones is 1. The Bertz CT molecular complexity index is 1520. The fourth-order valence-corrected chi connectivity index (χ4v) is 9.86. The lowest BCUT2D eigenvalue weighted by Crippen LogP contribution is -2.62. The molecule has 2 aromatic heterocycles. The summed E-state index contributed by atoms with van der Waals surface area (Å²) >= 11 is 1.34. The minimum atomic E-state index is -1.44. The second-order valence-corrected chi connectivity index (χ2v) is 13.8. The number of Topliss-reactive ketones (excluding diaryl/α,β-unsaturated/α-hetero) is 1. The minimum Gasteiger partial charge on any atom is -0.393 e. The molecule has 0 saturated heterocycles. The normalized spacial score (nSPS) is 37.0. The van der Waals surface area contributed by atoms with Crippen molar-refractivity contribution in [3.05, 3.63) is 53.5 Å². The lowest BCUT2D eigenvalue weighted by molar-refractivity contribution is -0.177. The van der Waals surface area contributed by atoms with Gasteiger partial charge in [-0.3, -0.25) is 14.5 Å². The first-order valence-electron chi connectivity index (χ1n) is 14.1. The van der Waals surface area contributed by atoms with Crippen molar-refractivity contribution in [3.63, 3.8) is 0 Å². The predicted octanol–water partition coefficient (Wildman–Crippen LogP) is 4.61. The molecule has 204 valence electrons. The van der Waals surface area contributed by atoms with E-state index in [9.17, 15) is 15.0 Å². The number of aryl methyl sites for hydroxylation is 1. The highest BCUT2D eigenvalue weighted by Gasteiger charge is 2.68. The third-order valence-electron chi connectivity index (χ3n) is 11.0. The van der Waals surface area contributed by atoms with Gasteiger partial charge in [-0.1, -0.05) is 43.3 Å². The van der Waals surface area contributed by atoms with E-state index < -0.39 is 17.1 Å². The summed E-state index contributed by atoms with van der Waals surface area (Å²) in [6.07, 6.45) is 10.0. The van der Waals surface area contributed by atoms with Gasteiger partial charge in [0.15, 0.2) is 5.78 Å². The number of fused-ring (bicyclic) bond motifs is 7. The molecule has 0 radical (unpaired) electrons. The Morgan fingerprint density at radius 2 is 1.97 bits per heavy atom. The Kier molecular flexibility index (Phi) is 5.69. The van der Waals surface area contributed by atoms with Crippen LogP contribution in [0.3, 0.4) is 0 Å². The molecular formula is C31H36N4O3S. The summed E-state index contributed by atoms with van der Waals surface area (Å²) in [5, 5.41) is 29.0. The Morgan fingerprint density at radius 1 is 1.18 bits per heavy atom. The van der Waals surface area contributed by atoms with Gasteiger partial charge in [0.2, 0.25) is 0 Å². The van der Waals surface area contributed by atoms with E-state index >= 15 is 0 Å². The first kappa shape index (κ1) is 25.4. The highest BCUT2D eigenvalue weighted by molar-refractivity contribution is 7.99. The van der Waals surface area contributed by atoms with Crippen LogP contribution in [0, 0.1) is 28.6 Å². The summed E-state index contributed by atoms with van der Waals surface area (Å²) in [6.45, 7) is 4.39. The van der Waals surface area contributed by atoms with Crippen molar-refractivity contribution >= 4 is 34.7 Å². The number of hydrogen-bond donors (Lipinski definition) is 2. The molecule has 1 aromatic carbocycles. The van der Waals surface area contributed by atoms with Crippen LogP contribution in [0.5, 0.6) is 0 Å². The molecule has 7 nitrogen and oxygen atoms in total. The topological polar surface area (TPSA) is 101 Å². The van der Waals surface area contributed by atoms with Gasteiger partial charge in [0, 0.05) is 12.5 Å². The van der Waals surface area contributed by atoms with Gasteiger partial charge in [-0.25, -0.2) is 4.98 Å². The number of aliphatic hydroxyl groups excluding tert-OH is 1. The van der Waals surface area contributed by atoms with Crippen LogP contribution in [0.15, 0.2) is 47.3 Å². The second-order valence-electron chi connectivity index (χ2n) is 12.8. The molecule has 4 aliphatic carbocycles. The van der Waals surface area contributed by atoms with E-state index in [0.717, 1.165) is 36.7 Å². The molecule has 8 heteroatoms. The predicted molar refractivity (Wildman–Crippen MR) is 151 cm³/mol.